The molecule has 0 saturated carbocycles. The second-order valence-corrected chi connectivity index (χ2v) is 7.98. The molecule has 0 aliphatic carbocycles. The van der Waals surface area contributed by atoms with Crippen molar-refractivity contribution in [2.75, 3.05) is 6.61 Å². The molecule has 23 heavy (non-hydrogen) atoms. The van der Waals surface area contributed by atoms with Crippen molar-refractivity contribution in [3.8, 4) is 5.75 Å². The van der Waals surface area contributed by atoms with Gasteiger partial charge in [-0.3, -0.25) is 4.52 Å². The Morgan fingerprint density at radius 3 is 2.39 bits per heavy atom. The van der Waals surface area contributed by atoms with Crippen LogP contribution in [-0.2, 0) is 13.8 Å². The number of benzene rings is 1. The SMILES string of the molecule is CCOP(=O)(NC(C)(C)C)Oc1ccccc1C(=O)OC(C)C. The van der Waals surface area contributed by atoms with Crippen molar-refractivity contribution in [3.05, 3.63) is 29.8 Å². The molecular formula is C16H26NO5P. The average Bonchev–Trinajstić information content (AvgIpc) is 2.35. The number of carbonyl (C=O) groups is 1. The van der Waals surface area contributed by atoms with Gasteiger partial charge in [0.25, 0.3) is 0 Å². The lowest BCUT2D eigenvalue weighted by Crippen LogP contribution is -2.35. The van der Waals surface area contributed by atoms with Crippen molar-refractivity contribution >= 4 is 13.7 Å². The maximum Gasteiger partial charge on any atom is 0.459 e. The van der Waals surface area contributed by atoms with Crippen LogP contribution in [0.15, 0.2) is 24.3 Å². The molecule has 1 aromatic carbocycles. The number of carbonyl (C=O) groups excluding carboxylic acids is 1. The molecule has 1 atom stereocenters. The van der Waals surface area contributed by atoms with E-state index >= 15 is 0 Å². The molecule has 7 heteroatoms. The molecule has 0 spiro atoms. The number of para-hydroxylation sites is 1. The molecule has 0 fully saturated rings. The number of ether oxygens (including phenoxy) is 1. The van der Waals surface area contributed by atoms with Crippen molar-refractivity contribution in [1.82, 2.24) is 5.09 Å². The van der Waals surface area contributed by atoms with Gasteiger partial charge in [0.1, 0.15) is 11.3 Å². The van der Waals surface area contributed by atoms with E-state index in [0.29, 0.717) is 0 Å². The van der Waals surface area contributed by atoms with Crippen LogP contribution in [0.3, 0.4) is 0 Å². The monoisotopic (exact) mass is 343 g/mol. The third-order valence-corrected chi connectivity index (χ3v) is 4.42. The summed E-state index contributed by atoms with van der Waals surface area (Å²) in [5.74, 6) is -0.374. The minimum absolute atomic E-state index is 0.159. The van der Waals surface area contributed by atoms with Gasteiger partial charge < -0.3 is 9.26 Å². The second kappa shape index (κ2) is 7.95. The first kappa shape index (κ1) is 19.7. The summed E-state index contributed by atoms with van der Waals surface area (Å²) in [4.78, 5) is 12.2. The standard InChI is InChI=1S/C16H26NO5P/c1-7-20-23(19,17-16(4,5)6)22-14-11-9-8-10-13(14)15(18)21-12(2)3/h8-12H,7H2,1-6H3,(H,17,19). The smallest absolute Gasteiger partial charge is 0.459 e. The highest BCUT2D eigenvalue weighted by Crippen LogP contribution is 2.47. The molecule has 1 N–H and O–H groups in total. The van der Waals surface area contributed by atoms with Crippen LogP contribution in [0, 0.1) is 0 Å². The van der Waals surface area contributed by atoms with E-state index in [1.54, 1.807) is 45.0 Å². The van der Waals surface area contributed by atoms with Gasteiger partial charge in [0.15, 0.2) is 0 Å². The minimum atomic E-state index is -3.62. The van der Waals surface area contributed by atoms with Gasteiger partial charge in [-0.15, -0.1) is 0 Å². The van der Waals surface area contributed by atoms with Crippen molar-refractivity contribution in [2.24, 2.45) is 0 Å². The number of rotatable bonds is 7. The maximum atomic E-state index is 12.9. The van der Waals surface area contributed by atoms with E-state index < -0.39 is 19.3 Å². The van der Waals surface area contributed by atoms with Crippen LogP contribution in [0.2, 0.25) is 0 Å². The normalized spacial score (nSPS) is 14.4. The maximum absolute atomic E-state index is 12.9. The molecule has 1 unspecified atom stereocenters. The molecule has 6 nitrogen and oxygen atoms in total. The third kappa shape index (κ3) is 6.73. The van der Waals surface area contributed by atoms with Crippen molar-refractivity contribution < 1.29 is 23.1 Å². The van der Waals surface area contributed by atoms with Gasteiger partial charge in [0.2, 0.25) is 0 Å². The molecular weight excluding hydrogens is 317 g/mol. The van der Waals surface area contributed by atoms with Crippen molar-refractivity contribution in [2.45, 2.75) is 53.2 Å². The third-order valence-electron chi connectivity index (χ3n) is 2.44. The van der Waals surface area contributed by atoms with Gasteiger partial charge in [-0.1, -0.05) is 12.1 Å². The highest BCUT2D eigenvalue weighted by Gasteiger charge is 2.33. The Kier molecular flexibility index (Phi) is 6.81. The molecule has 0 aliphatic rings. The quantitative estimate of drug-likeness (QED) is 0.592. The molecule has 1 aromatic rings. The summed E-state index contributed by atoms with van der Waals surface area (Å²) in [6.07, 6.45) is -0.262. The van der Waals surface area contributed by atoms with Gasteiger partial charge in [-0.25, -0.2) is 14.4 Å². The molecule has 0 aliphatic heterocycles. The Morgan fingerprint density at radius 1 is 1.26 bits per heavy atom. The van der Waals surface area contributed by atoms with Crippen LogP contribution in [-0.4, -0.2) is 24.2 Å². The van der Waals surface area contributed by atoms with Gasteiger partial charge >= 0.3 is 13.7 Å². The zero-order valence-electron chi connectivity index (χ0n) is 14.6. The van der Waals surface area contributed by atoms with E-state index in [1.807, 2.05) is 20.8 Å². The fourth-order valence-corrected chi connectivity index (χ4v) is 3.53. The van der Waals surface area contributed by atoms with E-state index in [-0.39, 0.29) is 24.0 Å². The zero-order valence-corrected chi connectivity index (χ0v) is 15.5. The summed E-state index contributed by atoms with van der Waals surface area (Å²) in [5.41, 5.74) is -0.283. The molecule has 0 amide bonds. The highest BCUT2D eigenvalue weighted by molar-refractivity contribution is 7.52. The van der Waals surface area contributed by atoms with E-state index in [1.165, 1.54) is 0 Å². The molecule has 130 valence electrons. The Hall–Kier alpha value is -1.36. The molecule has 0 bridgehead atoms. The summed E-state index contributed by atoms with van der Waals surface area (Å²) < 4.78 is 28.9. The van der Waals surface area contributed by atoms with E-state index in [9.17, 15) is 9.36 Å². The largest absolute Gasteiger partial charge is 0.459 e. The second-order valence-electron chi connectivity index (χ2n) is 6.32. The predicted molar refractivity (Wildman–Crippen MR) is 89.7 cm³/mol. The zero-order chi connectivity index (χ0) is 17.7. The lowest BCUT2D eigenvalue weighted by atomic mass is 10.1. The topological polar surface area (TPSA) is 73.9 Å². The number of hydrogen-bond acceptors (Lipinski definition) is 5. The van der Waals surface area contributed by atoms with Gasteiger partial charge in [0, 0.05) is 5.54 Å². The Bertz CT molecular complexity index is 580. The first-order valence-corrected chi connectivity index (χ1v) is 9.14. The van der Waals surface area contributed by atoms with Crippen LogP contribution in [0.25, 0.3) is 0 Å². The fourth-order valence-electron chi connectivity index (χ4n) is 1.78. The Balaban J connectivity index is 3.10. The lowest BCUT2D eigenvalue weighted by molar-refractivity contribution is 0.0376. The average molecular weight is 343 g/mol. The first-order chi connectivity index (χ1) is 10.6. The van der Waals surface area contributed by atoms with Crippen LogP contribution >= 0.6 is 7.75 Å². The lowest BCUT2D eigenvalue weighted by Gasteiger charge is -2.27. The summed E-state index contributed by atoms with van der Waals surface area (Å²) in [7, 11) is -3.62. The highest BCUT2D eigenvalue weighted by atomic mass is 31.2. The van der Waals surface area contributed by atoms with Crippen LogP contribution in [0.5, 0.6) is 5.75 Å². The fraction of sp³-hybridized carbons (Fsp3) is 0.562. The van der Waals surface area contributed by atoms with E-state index in [4.69, 9.17) is 13.8 Å². The van der Waals surface area contributed by atoms with Gasteiger partial charge in [-0.2, -0.15) is 0 Å². The van der Waals surface area contributed by atoms with Gasteiger partial charge in [-0.05, 0) is 53.7 Å². The summed E-state index contributed by atoms with van der Waals surface area (Å²) in [5, 5.41) is 2.85. The number of nitrogens with one attached hydrogen (secondary N) is 1. The number of hydrogen-bond donors (Lipinski definition) is 1. The summed E-state index contributed by atoms with van der Waals surface area (Å²) >= 11 is 0. The minimum Gasteiger partial charge on any atom is -0.459 e. The van der Waals surface area contributed by atoms with E-state index in [2.05, 4.69) is 5.09 Å². The molecule has 0 saturated heterocycles. The predicted octanol–water partition coefficient (Wildman–Crippen LogP) is 4.16. The van der Waals surface area contributed by atoms with Crippen LogP contribution in [0.4, 0.5) is 0 Å². The summed E-state index contributed by atoms with van der Waals surface area (Å²) in [6, 6.07) is 6.50. The van der Waals surface area contributed by atoms with E-state index in [0.717, 1.165) is 0 Å². The van der Waals surface area contributed by atoms with Crippen molar-refractivity contribution in [3.63, 3.8) is 0 Å². The Labute approximate surface area is 138 Å². The molecule has 0 aromatic heterocycles. The molecule has 0 radical (unpaired) electrons. The van der Waals surface area contributed by atoms with Crippen LogP contribution in [0.1, 0.15) is 51.9 Å². The van der Waals surface area contributed by atoms with Crippen molar-refractivity contribution in [1.29, 1.82) is 0 Å². The Morgan fingerprint density at radius 2 is 1.87 bits per heavy atom. The van der Waals surface area contributed by atoms with Gasteiger partial charge in [0.05, 0.1) is 12.7 Å². The summed E-state index contributed by atoms with van der Waals surface area (Å²) in [6.45, 7) is 11.0. The first-order valence-electron chi connectivity index (χ1n) is 7.60. The van der Waals surface area contributed by atoms with Crippen LogP contribution < -0.4 is 9.61 Å². The molecule has 0 heterocycles. The number of esters is 1. The molecule has 1 rings (SSSR count).